The topological polar surface area (TPSA) is 70.0 Å². The molecule has 2 saturated heterocycles. The molecule has 5 nitrogen and oxygen atoms in total. The normalized spacial score (nSPS) is 29.2. The van der Waals surface area contributed by atoms with Gasteiger partial charge in [0.15, 0.2) is 0 Å². The quantitative estimate of drug-likeness (QED) is 0.553. The van der Waals surface area contributed by atoms with Crippen LogP contribution in [0.25, 0.3) is 0 Å². The van der Waals surface area contributed by atoms with Crippen LogP contribution in [0.15, 0.2) is 60.7 Å². The fraction of sp³-hybridized carbons (Fsp3) is 0.464. The average molecular weight is 448 g/mol. The van der Waals surface area contributed by atoms with Gasteiger partial charge in [-0.1, -0.05) is 72.5 Å². The van der Waals surface area contributed by atoms with E-state index in [0.717, 1.165) is 11.1 Å². The molecule has 0 spiro atoms. The standard InChI is InChI=1S/C28H33NO4/c1-26(2,3)33-25(31)23-19-28(22-13-8-5-9-14-22)27(32,16-10-18-30)17-15-24(23)29(28)20-21-11-6-4-7-12-21/h4-9,11-14,23-24,30,32H,15,17-20H2,1-3H3. The van der Waals surface area contributed by atoms with Crippen molar-refractivity contribution in [3.8, 4) is 11.8 Å². The SMILES string of the molecule is CC(C)(C)OC(=O)C1CC2(c3ccccc3)N(Cc3ccccc3)C1CCC2(O)C#CCO. The number of carbonyl (C=O) groups is 1. The van der Waals surface area contributed by atoms with Crippen LogP contribution in [-0.4, -0.2) is 44.9 Å². The molecule has 33 heavy (non-hydrogen) atoms. The average Bonchev–Trinajstić information content (AvgIpc) is 3.04. The van der Waals surface area contributed by atoms with Crippen molar-refractivity contribution in [2.24, 2.45) is 5.92 Å². The molecule has 0 aliphatic carbocycles. The summed E-state index contributed by atoms with van der Waals surface area (Å²) in [5, 5.41) is 21.5. The van der Waals surface area contributed by atoms with Gasteiger partial charge >= 0.3 is 5.97 Å². The van der Waals surface area contributed by atoms with E-state index in [1.807, 2.05) is 69.3 Å². The number of benzene rings is 2. The highest BCUT2D eigenvalue weighted by atomic mass is 16.6. The zero-order chi connectivity index (χ0) is 23.7. The fourth-order valence-electron chi connectivity index (χ4n) is 5.64. The van der Waals surface area contributed by atoms with E-state index in [4.69, 9.17) is 4.74 Å². The van der Waals surface area contributed by atoms with E-state index in [2.05, 4.69) is 28.9 Å². The number of fused-ring (bicyclic) bond motifs is 2. The van der Waals surface area contributed by atoms with Crippen LogP contribution in [0.5, 0.6) is 0 Å². The molecule has 2 N–H and O–H groups in total. The second-order valence-corrected chi connectivity index (χ2v) is 10.1. The van der Waals surface area contributed by atoms with Crippen molar-refractivity contribution >= 4 is 5.97 Å². The highest BCUT2D eigenvalue weighted by Gasteiger charge is 2.67. The van der Waals surface area contributed by atoms with E-state index in [-0.39, 0.29) is 18.6 Å². The fourth-order valence-corrected chi connectivity index (χ4v) is 5.64. The molecule has 0 radical (unpaired) electrons. The maximum atomic E-state index is 13.4. The minimum Gasteiger partial charge on any atom is -0.460 e. The summed E-state index contributed by atoms with van der Waals surface area (Å²) >= 11 is 0. The number of hydrogen-bond donors (Lipinski definition) is 2. The first kappa shape index (κ1) is 23.5. The molecule has 2 aromatic carbocycles. The lowest BCUT2D eigenvalue weighted by Crippen LogP contribution is -2.63. The van der Waals surface area contributed by atoms with Gasteiger partial charge in [-0.2, -0.15) is 0 Å². The maximum Gasteiger partial charge on any atom is 0.311 e. The largest absolute Gasteiger partial charge is 0.460 e. The molecule has 4 rings (SSSR count). The molecule has 2 aliphatic rings. The van der Waals surface area contributed by atoms with Crippen molar-refractivity contribution in [3.05, 3.63) is 71.8 Å². The number of hydrogen-bond acceptors (Lipinski definition) is 5. The molecule has 0 aromatic heterocycles. The highest BCUT2D eigenvalue weighted by molar-refractivity contribution is 5.75. The summed E-state index contributed by atoms with van der Waals surface area (Å²) in [6, 6.07) is 19.9. The third-order valence-electron chi connectivity index (χ3n) is 6.89. The first-order chi connectivity index (χ1) is 15.7. The highest BCUT2D eigenvalue weighted by Crippen LogP contribution is 2.58. The molecule has 2 aliphatic heterocycles. The molecule has 2 fully saturated rings. The summed E-state index contributed by atoms with van der Waals surface area (Å²) in [5.41, 5.74) is -0.890. The summed E-state index contributed by atoms with van der Waals surface area (Å²) < 4.78 is 5.84. The molecule has 0 saturated carbocycles. The Morgan fingerprint density at radius 2 is 1.76 bits per heavy atom. The van der Waals surface area contributed by atoms with Gasteiger partial charge in [-0.15, -0.1) is 0 Å². The number of aliphatic hydroxyl groups is 2. The molecule has 2 bridgehead atoms. The van der Waals surface area contributed by atoms with E-state index < -0.39 is 22.7 Å². The lowest BCUT2D eigenvalue weighted by Gasteiger charge is -2.53. The molecule has 174 valence electrons. The van der Waals surface area contributed by atoms with E-state index >= 15 is 0 Å². The lowest BCUT2D eigenvalue weighted by molar-refractivity contribution is -0.161. The van der Waals surface area contributed by atoms with Crippen LogP contribution < -0.4 is 0 Å². The van der Waals surface area contributed by atoms with Gasteiger partial charge in [0.1, 0.15) is 17.8 Å². The Bertz CT molecular complexity index is 1040. The smallest absolute Gasteiger partial charge is 0.311 e. The molecule has 5 heteroatoms. The van der Waals surface area contributed by atoms with Gasteiger partial charge < -0.3 is 14.9 Å². The van der Waals surface area contributed by atoms with Crippen LogP contribution >= 0.6 is 0 Å². The molecule has 2 heterocycles. The minimum atomic E-state index is -1.42. The Labute approximate surface area is 196 Å². The van der Waals surface area contributed by atoms with E-state index in [1.54, 1.807) is 0 Å². The molecular weight excluding hydrogens is 414 g/mol. The summed E-state index contributed by atoms with van der Waals surface area (Å²) in [6.07, 6.45) is 1.44. The van der Waals surface area contributed by atoms with Crippen LogP contribution in [-0.2, 0) is 21.6 Å². The van der Waals surface area contributed by atoms with Crippen molar-refractivity contribution in [2.75, 3.05) is 6.61 Å². The van der Waals surface area contributed by atoms with Crippen molar-refractivity contribution in [2.45, 2.75) is 69.4 Å². The second-order valence-electron chi connectivity index (χ2n) is 10.1. The zero-order valence-corrected chi connectivity index (χ0v) is 19.6. The summed E-state index contributed by atoms with van der Waals surface area (Å²) in [4.78, 5) is 15.7. The number of aliphatic hydroxyl groups excluding tert-OH is 1. The predicted octanol–water partition coefficient (Wildman–Crippen LogP) is 3.63. The number of esters is 1. The van der Waals surface area contributed by atoms with Crippen molar-refractivity contribution < 1.29 is 19.7 Å². The molecule has 2 aromatic rings. The van der Waals surface area contributed by atoms with E-state index in [9.17, 15) is 15.0 Å². The molecular formula is C28H33NO4. The Balaban J connectivity index is 1.88. The van der Waals surface area contributed by atoms with Crippen molar-refractivity contribution in [1.29, 1.82) is 0 Å². The van der Waals surface area contributed by atoms with Gasteiger partial charge in [0.25, 0.3) is 0 Å². The number of ether oxygens (including phenoxy) is 1. The van der Waals surface area contributed by atoms with Gasteiger partial charge in [-0.25, -0.2) is 0 Å². The molecule has 4 unspecified atom stereocenters. The maximum absolute atomic E-state index is 13.4. The Morgan fingerprint density at radius 3 is 2.36 bits per heavy atom. The number of nitrogens with zero attached hydrogens (tertiary/aromatic N) is 1. The van der Waals surface area contributed by atoms with Crippen LogP contribution in [0.1, 0.15) is 51.2 Å². The Hall–Kier alpha value is -2.65. The van der Waals surface area contributed by atoms with Crippen molar-refractivity contribution in [3.63, 3.8) is 0 Å². The Morgan fingerprint density at radius 1 is 1.12 bits per heavy atom. The number of carbonyl (C=O) groups excluding carboxylic acids is 1. The van der Waals surface area contributed by atoms with Gasteiger partial charge in [0.2, 0.25) is 0 Å². The first-order valence-electron chi connectivity index (χ1n) is 11.6. The van der Waals surface area contributed by atoms with E-state index in [0.29, 0.717) is 25.8 Å². The summed E-state index contributed by atoms with van der Waals surface area (Å²) in [6.45, 7) is 5.88. The number of piperidine rings is 1. The van der Waals surface area contributed by atoms with E-state index in [1.165, 1.54) is 0 Å². The minimum absolute atomic E-state index is 0.0866. The van der Waals surface area contributed by atoms with Gasteiger partial charge in [0, 0.05) is 12.6 Å². The first-order valence-corrected chi connectivity index (χ1v) is 11.6. The molecule has 0 amide bonds. The monoisotopic (exact) mass is 447 g/mol. The van der Waals surface area contributed by atoms with Crippen LogP contribution in [0.4, 0.5) is 0 Å². The summed E-state index contributed by atoms with van der Waals surface area (Å²) in [7, 11) is 0. The molecule has 4 atom stereocenters. The number of rotatable bonds is 4. The van der Waals surface area contributed by atoms with Gasteiger partial charge in [-0.05, 0) is 51.2 Å². The second kappa shape index (κ2) is 8.95. The van der Waals surface area contributed by atoms with Gasteiger partial charge in [0.05, 0.1) is 11.5 Å². The third kappa shape index (κ3) is 4.31. The lowest BCUT2D eigenvalue weighted by atomic mass is 9.69. The van der Waals surface area contributed by atoms with Crippen LogP contribution in [0.3, 0.4) is 0 Å². The Kier molecular flexibility index (Phi) is 6.37. The predicted molar refractivity (Wildman–Crippen MR) is 127 cm³/mol. The van der Waals surface area contributed by atoms with Gasteiger partial charge in [-0.3, -0.25) is 9.69 Å². The van der Waals surface area contributed by atoms with Crippen molar-refractivity contribution in [1.82, 2.24) is 4.90 Å². The third-order valence-corrected chi connectivity index (χ3v) is 6.89. The zero-order valence-electron chi connectivity index (χ0n) is 19.6. The van der Waals surface area contributed by atoms with Crippen LogP contribution in [0, 0.1) is 17.8 Å². The summed E-state index contributed by atoms with van der Waals surface area (Å²) in [5.74, 6) is 5.09. The van der Waals surface area contributed by atoms with Crippen LogP contribution in [0.2, 0.25) is 0 Å².